The van der Waals surface area contributed by atoms with Crippen molar-refractivity contribution < 1.29 is 33.3 Å². The van der Waals surface area contributed by atoms with Crippen LogP contribution in [0.4, 0.5) is 0 Å². The molecule has 0 radical (unpaired) electrons. The molecule has 3 atom stereocenters. The van der Waals surface area contributed by atoms with Gasteiger partial charge in [0.15, 0.2) is 5.78 Å². The minimum absolute atomic E-state index is 0.153. The van der Waals surface area contributed by atoms with Gasteiger partial charge in [0.25, 0.3) is 0 Å². The van der Waals surface area contributed by atoms with Crippen LogP contribution in [-0.2, 0) is 23.9 Å². The van der Waals surface area contributed by atoms with E-state index in [1.165, 1.54) is 7.11 Å². The van der Waals surface area contributed by atoms with Gasteiger partial charge in [-0.2, -0.15) is 0 Å². The topological polar surface area (TPSA) is 100 Å². The van der Waals surface area contributed by atoms with Crippen LogP contribution in [0.25, 0.3) is 0 Å². The molecule has 0 amide bonds. The lowest BCUT2D eigenvalue weighted by molar-refractivity contribution is -0.151. The molecule has 1 fully saturated rings. The van der Waals surface area contributed by atoms with Gasteiger partial charge in [-0.05, 0) is 63.1 Å². The number of hydrogen-bond acceptors (Lipinski definition) is 8. The molecule has 0 unspecified atom stereocenters. The van der Waals surface area contributed by atoms with Crippen LogP contribution in [0.1, 0.15) is 63.9 Å². The third-order valence-corrected chi connectivity index (χ3v) is 7.54. The molecule has 1 aliphatic heterocycles. The van der Waals surface area contributed by atoms with Gasteiger partial charge >= 0.3 is 11.9 Å². The third kappa shape index (κ3) is 4.73. The van der Waals surface area contributed by atoms with E-state index < -0.39 is 23.8 Å². The number of methoxy groups -OCH3 is 3. The number of ether oxygens (including phenoxy) is 4. The number of carbonyl (C=O) groups excluding carboxylic acids is 3. The summed E-state index contributed by atoms with van der Waals surface area (Å²) in [4.78, 5) is 40.3. The summed E-state index contributed by atoms with van der Waals surface area (Å²) < 4.78 is 22.1. The predicted molar refractivity (Wildman–Crippen MR) is 132 cm³/mol. The molecule has 3 aliphatic rings. The molecule has 1 saturated carbocycles. The lowest BCUT2D eigenvalue weighted by Gasteiger charge is -2.39. The molecule has 1 heterocycles. The normalized spacial score (nSPS) is 24.6. The highest BCUT2D eigenvalue weighted by molar-refractivity contribution is 6.12. The summed E-state index contributed by atoms with van der Waals surface area (Å²) in [5.74, 6) is -2.32. The molecule has 0 spiro atoms. The summed E-state index contributed by atoms with van der Waals surface area (Å²) in [5, 5.41) is 3.30. The molecular formula is C28H35NO7. The van der Waals surface area contributed by atoms with Crippen molar-refractivity contribution in [2.24, 2.45) is 11.8 Å². The quantitative estimate of drug-likeness (QED) is 0.461. The first-order chi connectivity index (χ1) is 17.3. The van der Waals surface area contributed by atoms with Gasteiger partial charge in [0.2, 0.25) is 0 Å². The molecule has 8 nitrogen and oxygen atoms in total. The Labute approximate surface area is 212 Å². The van der Waals surface area contributed by atoms with Crippen LogP contribution in [0.15, 0.2) is 40.7 Å². The summed E-state index contributed by atoms with van der Waals surface area (Å²) >= 11 is 0. The van der Waals surface area contributed by atoms with Crippen molar-refractivity contribution in [2.75, 3.05) is 21.3 Å². The highest BCUT2D eigenvalue weighted by atomic mass is 16.5. The van der Waals surface area contributed by atoms with Gasteiger partial charge in [0, 0.05) is 22.5 Å². The smallest absolute Gasteiger partial charge is 0.337 e. The summed E-state index contributed by atoms with van der Waals surface area (Å²) in [6, 6.07) is 5.29. The largest absolute Gasteiger partial charge is 0.497 e. The van der Waals surface area contributed by atoms with Crippen LogP contribution in [0.3, 0.4) is 0 Å². The van der Waals surface area contributed by atoms with Gasteiger partial charge in [0.1, 0.15) is 23.5 Å². The maximum Gasteiger partial charge on any atom is 0.337 e. The van der Waals surface area contributed by atoms with Crippen LogP contribution in [0, 0.1) is 11.8 Å². The van der Waals surface area contributed by atoms with Gasteiger partial charge in [0.05, 0.1) is 32.8 Å². The van der Waals surface area contributed by atoms with Crippen molar-refractivity contribution in [1.82, 2.24) is 5.32 Å². The van der Waals surface area contributed by atoms with Crippen molar-refractivity contribution in [2.45, 2.75) is 64.4 Å². The zero-order valence-corrected chi connectivity index (χ0v) is 21.6. The number of rotatable bonds is 6. The fraction of sp³-hybridized carbons (Fsp3) is 0.536. The first-order valence-corrected chi connectivity index (χ1v) is 12.6. The van der Waals surface area contributed by atoms with E-state index in [0.717, 1.165) is 32.1 Å². The molecule has 1 aromatic rings. The van der Waals surface area contributed by atoms with Crippen LogP contribution >= 0.6 is 0 Å². The van der Waals surface area contributed by atoms with Crippen LogP contribution in [-0.4, -0.2) is 45.2 Å². The molecule has 194 valence electrons. The molecule has 1 aromatic carbocycles. The summed E-state index contributed by atoms with van der Waals surface area (Å²) in [7, 11) is 4.38. The van der Waals surface area contributed by atoms with E-state index in [1.54, 1.807) is 32.4 Å². The number of esters is 2. The zero-order chi connectivity index (χ0) is 26.0. The molecule has 36 heavy (non-hydrogen) atoms. The fourth-order valence-corrected chi connectivity index (χ4v) is 5.72. The predicted octanol–water partition coefficient (Wildman–Crippen LogP) is 4.19. The van der Waals surface area contributed by atoms with Gasteiger partial charge in [-0.25, -0.2) is 4.79 Å². The molecule has 2 aliphatic carbocycles. The highest BCUT2D eigenvalue weighted by Gasteiger charge is 2.48. The van der Waals surface area contributed by atoms with Crippen LogP contribution in [0.2, 0.25) is 0 Å². The number of nitrogens with one attached hydrogen (secondary N) is 1. The molecule has 4 rings (SSSR count). The minimum Gasteiger partial charge on any atom is -0.497 e. The maximum atomic E-state index is 13.9. The number of carbonyl (C=O) groups is 3. The van der Waals surface area contributed by atoms with E-state index in [2.05, 4.69) is 5.32 Å². The SMILES string of the molecule is COC(=O)[C@@H]1C(=O)C2=C(C[C@@H]1C)NC(C)=C(C(=O)OC1CCCCC1)[C@H]2c1cc(OC)ccc1OC. The van der Waals surface area contributed by atoms with Crippen LogP contribution < -0.4 is 14.8 Å². The number of benzene rings is 1. The minimum atomic E-state index is -0.955. The first kappa shape index (κ1) is 25.8. The number of Topliss-reactive ketones (excluding diaryl/α,β-unsaturated/α-hetero) is 1. The Morgan fingerprint density at radius 3 is 2.39 bits per heavy atom. The van der Waals surface area contributed by atoms with Gasteiger partial charge < -0.3 is 24.3 Å². The number of allylic oxidation sites excluding steroid dienone is 3. The second-order valence-corrected chi connectivity index (χ2v) is 9.81. The van der Waals surface area contributed by atoms with E-state index in [1.807, 2.05) is 13.8 Å². The van der Waals surface area contributed by atoms with E-state index >= 15 is 0 Å². The summed E-state index contributed by atoms with van der Waals surface area (Å²) in [6.45, 7) is 3.68. The number of ketones is 1. The lowest BCUT2D eigenvalue weighted by atomic mass is 9.69. The fourth-order valence-electron chi connectivity index (χ4n) is 5.72. The standard InChI is InChI=1S/C28H35NO7/c1-15-13-20-25(26(30)22(15)27(31)35-5)24(19-14-18(33-3)11-12-21(19)34-4)23(16(2)29-20)28(32)36-17-9-7-6-8-10-17/h11-12,14-15,17,22,24,29H,6-10,13H2,1-5H3/t15-,22-,24+/m0/s1. The number of dihydropyridines is 1. The Morgan fingerprint density at radius 1 is 1.03 bits per heavy atom. The maximum absolute atomic E-state index is 13.9. The Kier molecular flexibility index (Phi) is 7.71. The van der Waals surface area contributed by atoms with E-state index in [0.29, 0.717) is 46.0 Å². The van der Waals surface area contributed by atoms with E-state index in [9.17, 15) is 14.4 Å². The number of hydrogen-bond donors (Lipinski definition) is 1. The van der Waals surface area contributed by atoms with E-state index in [4.69, 9.17) is 18.9 Å². The van der Waals surface area contributed by atoms with E-state index in [-0.39, 0.29) is 17.8 Å². The zero-order valence-electron chi connectivity index (χ0n) is 21.6. The van der Waals surface area contributed by atoms with Crippen molar-refractivity contribution in [3.05, 3.63) is 46.3 Å². The van der Waals surface area contributed by atoms with Crippen molar-refractivity contribution in [1.29, 1.82) is 0 Å². The molecule has 0 bridgehead atoms. The Balaban J connectivity index is 1.86. The van der Waals surface area contributed by atoms with Gasteiger partial charge in [-0.1, -0.05) is 13.3 Å². The summed E-state index contributed by atoms with van der Waals surface area (Å²) in [6.07, 6.45) is 5.15. The van der Waals surface area contributed by atoms with Crippen molar-refractivity contribution in [3.63, 3.8) is 0 Å². The van der Waals surface area contributed by atoms with Crippen molar-refractivity contribution in [3.8, 4) is 11.5 Å². The molecule has 1 N–H and O–H groups in total. The Morgan fingerprint density at radius 2 is 1.75 bits per heavy atom. The lowest BCUT2D eigenvalue weighted by Crippen LogP contribution is -2.43. The van der Waals surface area contributed by atoms with Crippen molar-refractivity contribution >= 4 is 17.7 Å². The second kappa shape index (κ2) is 10.8. The molecule has 0 aromatic heterocycles. The average Bonchev–Trinajstić information content (AvgIpc) is 2.87. The second-order valence-electron chi connectivity index (χ2n) is 9.81. The Hall–Kier alpha value is -3.29. The van der Waals surface area contributed by atoms with Crippen LogP contribution in [0.5, 0.6) is 11.5 Å². The summed E-state index contributed by atoms with van der Waals surface area (Å²) in [5.41, 5.74) is 2.65. The van der Waals surface area contributed by atoms with Gasteiger partial charge in [-0.15, -0.1) is 0 Å². The Bertz CT molecular complexity index is 1110. The molecule has 0 saturated heterocycles. The average molecular weight is 498 g/mol. The highest BCUT2D eigenvalue weighted by Crippen LogP contribution is 2.48. The molecule has 8 heteroatoms. The monoisotopic (exact) mass is 497 g/mol. The first-order valence-electron chi connectivity index (χ1n) is 12.6. The third-order valence-electron chi connectivity index (χ3n) is 7.54. The van der Waals surface area contributed by atoms with Gasteiger partial charge in [-0.3, -0.25) is 9.59 Å². The molecular weight excluding hydrogens is 462 g/mol.